The van der Waals surface area contributed by atoms with Gasteiger partial charge < -0.3 is 15.4 Å². The van der Waals surface area contributed by atoms with E-state index in [1.54, 1.807) is 12.1 Å². The number of halogens is 1. The number of aliphatic imine (C=N–C) groups is 1. The predicted molar refractivity (Wildman–Crippen MR) is 108 cm³/mol. The molecular weight excluding hydrogens is 374 g/mol. The Kier molecular flexibility index (Phi) is 4.92. The van der Waals surface area contributed by atoms with E-state index in [9.17, 15) is 10.5 Å². The van der Waals surface area contributed by atoms with Crippen molar-refractivity contribution in [2.75, 3.05) is 23.8 Å². The first-order valence-electron chi connectivity index (χ1n) is 9.05. The molecule has 2 aromatic carbocycles. The van der Waals surface area contributed by atoms with Crippen LogP contribution < -0.4 is 10.6 Å². The topological polar surface area (TPSA) is 93.2 Å². The van der Waals surface area contributed by atoms with Crippen molar-refractivity contribution in [3.05, 3.63) is 58.1 Å². The summed E-state index contributed by atoms with van der Waals surface area (Å²) in [7, 11) is 0. The molecule has 0 aliphatic carbocycles. The summed E-state index contributed by atoms with van der Waals surface area (Å²) in [6.07, 6.45) is 1.44. The molecule has 2 aromatic rings. The van der Waals surface area contributed by atoms with Crippen LogP contribution in [0.2, 0.25) is 5.02 Å². The molecule has 0 bridgehead atoms. The number of nitrogens with one attached hydrogen (secondary N) is 2. The molecule has 0 aromatic heterocycles. The zero-order valence-electron chi connectivity index (χ0n) is 15.1. The molecule has 0 radical (unpaired) electrons. The van der Waals surface area contributed by atoms with Crippen LogP contribution in [0.25, 0.3) is 0 Å². The minimum absolute atomic E-state index is 0.455. The first kappa shape index (κ1) is 18.3. The highest BCUT2D eigenvalue weighted by atomic mass is 35.5. The molecule has 28 heavy (non-hydrogen) atoms. The van der Waals surface area contributed by atoms with Gasteiger partial charge in [-0.1, -0.05) is 23.7 Å². The molecule has 0 amide bonds. The monoisotopic (exact) mass is 391 g/mol. The Balaban J connectivity index is 1.78. The number of ether oxygens (including phenoxy) is 1. The van der Waals surface area contributed by atoms with Gasteiger partial charge in [-0.3, -0.25) is 4.99 Å². The molecule has 1 spiro atoms. The van der Waals surface area contributed by atoms with Crippen LogP contribution in [0.15, 0.2) is 41.4 Å². The number of hydrogen-bond donors (Lipinski definition) is 2. The average molecular weight is 392 g/mol. The van der Waals surface area contributed by atoms with E-state index in [0.717, 1.165) is 24.2 Å². The Morgan fingerprint density at radius 2 is 1.79 bits per heavy atom. The molecule has 2 heterocycles. The molecule has 0 saturated carbocycles. The maximum Gasteiger partial charge on any atom is 0.127 e. The summed E-state index contributed by atoms with van der Waals surface area (Å²) in [5, 5.41) is 26.6. The van der Waals surface area contributed by atoms with E-state index in [-0.39, 0.29) is 0 Å². The largest absolute Gasteiger partial charge is 0.381 e. The standard InChI is InChI=1S/C21H18ClN5O/c22-17-3-1-2-14(10-17)13-25-20-21(6-8-28-9-7-21)27-19-16(12-24)5-4-15(11-23)18(19)26-20/h1-5,10,27H,6-9,13H2,(H,25,26). The van der Waals surface area contributed by atoms with Gasteiger partial charge in [-0.25, -0.2) is 0 Å². The van der Waals surface area contributed by atoms with Gasteiger partial charge in [0.15, 0.2) is 0 Å². The smallest absolute Gasteiger partial charge is 0.127 e. The number of benzene rings is 2. The third-order valence-corrected chi connectivity index (χ3v) is 5.40. The highest BCUT2D eigenvalue weighted by molar-refractivity contribution is 6.30. The summed E-state index contributed by atoms with van der Waals surface area (Å²) in [5.41, 5.74) is 2.78. The fraction of sp³-hybridized carbons (Fsp3) is 0.286. The number of amidine groups is 1. The van der Waals surface area contributed by atoms with Gasteiger partial charge >= 0.3 is 0 Å². The quantitative estimate of drug-likeness (QED) is 0.804. The van der Waals surface area contributed by atoms with Crippen molar-refractivity contribution in [1.29, 1.82) is 10.5 Å². The predicted octanol–water partition coefficient (Wildman–Crippen LogP) is 4.07. The summed E-state index contributed by atoms with van der Waals surface area (Å²) < 4.78 is 5.56. The van der Waals surface area contributed by atoms with Gasteiger partial charge in [-0.05, 0) is 29.8 Å². The molecule has 2 aliphatic heterocycles. The maximum absolute atomic E-state index is 9.52. The molecule has 4 rings (SSSR count). The lowest BCUT2D eigenvalue weighted by Gasteiger charge is -2.44. The highest BCUT2D eigenvalue weighted by Crippen LogP contribution is 2.40. The molecule has 1 fully saturated rings. The number of fused-ring (bicyclic) bond motifs is 1. The maximum atomic E-state index is 9.52. The van der Waals surface area contributed by atoms with Crippen LogP contribution in [0.4, 0.5) is 11.4 Å². The van der Waals surface area contributed by atoms with Crippen molar-refractivity contribution in [3.8, 4) is 12.1 Å². The van der Waals surface area contributed by atoms with Crippen LogP contribution in [0, 0.1) is 22.7 Å². The number of rotatable bonds is 2. The Morgan fingerprint density at radius 3 is 2.46 bits per heavy atom. The van der Waals surface area contributed by atoms with Gasteiger partial charge in [0.05, 0.1) is 34.6 Å². The van der Waals surface area contributed by atoms with E-state index >= 15 is 0 Å². The lowest BCUT2D eigenvalue weighted by Crippen LogP contribution is -2.56. The SMILES string of the molecule is N#Cc1ccc(C#N)c2c1NC(=NCc1cccc(Cl)c1)C1(CCOCC1)N2. The molecule has 2 N–H and O–H groups in total. The van der Waals surface area contributed by atoms with Crippen molar-refractivity contribution >= 4 is 28.8 Å². The summed E-state index contributed by atoms with van der Waals surface area (Å²) in [6.45, 7) is 1.66. The second kappa shape index (κ2) is 7.52. The molecule has 6 nitrogen and oxygen atoms in total. The molecule has 1 saturated heterocycles. The number of nitriles is 2. The first-order chi connectivity index (χ1) is 13.6. The van der Waals surface area contributed by atoms with Crippen molar-refractivity contribution < 1.29 is 4.74 Å². The van der Waals surface area contributed by atoms with Crippen molar-refractivity contribution in [2.45, 2.75) is 24.9 Å². The number of nitrogens with zero attached hydrogens (tertiary/aromatic N) is 3. The van der Waals surface area contributed by atoms with Crippen LogP contribution >= 0.6 is 11.6 Å². The van der Waals surface area contributed by atoms with E-state index < -0.39 is 5.54 Å². The number of anilines is 2. The minimum atomic E-state index is -0.455. The Labute approximate surface area is 168 Å². The van der Waals surface area contributed by atoms with Gasteiger partial charge in [0.25, 0.3) is 0 Å². The van der Waals surface area contributed by atoms with E-state index in [4.69, 9.17) is 21.3 Å². The zero-order chi connectivity index (χ0) is 19.6. The minimum Gasteiger partial charge on any atom is -0.381 e. The lowest BCUT2D eigenvalue weighted by atomic mass is 9.85. The van der Waals surface area contributed by atoms with Crippen LogP contribution in [0.3, 0.4) is 0 Å². The first-order valence-corrected chi connectivity index (χ1v) is 9.42. The second-order valence-corrected chi connectivity index (χ2v) is 7.31. The van der Waals surface area contributed by atoms with Gasteiger partial charge in [0.1, 0.15) is 18.0 Å². The van der Waals surface area contributed by atoms with E-state index in [2.05, 4.69) is 22.8 Å². The zero-order valence-corrected chi connectivity index (χ0v) is 15.9. The summed E-state index contributed by atoms with van der Waals surface area (Å²) in [5.74, 6) is 0.759. The molecule has 2 aliphatic rings. The van der Waals surface area contributed by atoms with Crippen molar-refractivity contribution in [2.24, 2.45) is 4.99 Å². The van der Waals surface area contributed by atoms with Gasteiger partial charge in [0, 0.05) is 31.1 Å². The lowest BCUT2D eigenvalue weighted by molar-refractivity contribution is 0.0778. The van der Waals surface area contributed by atoms with Crippen LogP contribution in [-0.2, 0) is 11.3 Å². The summed E-state index contributed by atoms with van der Waals surface area (Å²) in [4.78, 5) is 4.84. The molecule has 140 valence electrons. The van der Waals surface area contributed by atoms with Gasteiger partial charge in [-0.15, -0.1) is 0 Å². The Hall–Kier alpha value is -3.06. The van der Waals surface area contributed by atoms with Gasteiger partial charge in [0.2, 0.25) is 0 Å². The fourth-order valence-electron chi connectivity index (χ4n) is 3.66. The third-order valence-electron chi connectivity index (χ3n) is 5.16. The van der Waals surface area contributed by atoms with Crippen LogP contribution in [0.1, 0.15) is 29.5 Å². The Bertz CT molecular complexity index is 1030. The molecule has 0 atom stereocenters. The van der Waals surface area contributed by atoms with Crippen LogP contribution in [0.5, 0.6) is 0 Å². The summed E-state index contributed by atoms with van der Waals surface area (Å²) >= 11 is 6.09. The second-order valence-electron chi connectivity index (χ2n) is 6.87. The molecule has 0 unspecified atom stereocenters. The average Bonchev–Trinajstić information content (AvgIpc) is 2.72. The van der Waals surface area contributed by atoms with Crippen molar-refractivity contribution in [1.82, 2.24) is 0 Å². The normalized spacial score (nSPS) is 18.5. The highest BCUT2D eigenvalue weighted by Gasteiger charge is 2.42. The van der Waals surface area contributed by atoms with Crippen molar-refractivity contribution in [3.63, 3.8) is 0 Å². The fourth-order valence-corrected chi connectivity index (χ4v) is 3.88. The molecular formula is C21H18ClN5O. The van der Waals surface area contributed by atoms with E-state index in [1.165, 1.54) is 0 Å². The summed E-state index contributed by atoms with van der Waals surface area (Å²) in [6, 6.07) is 15.3. The van der Waals surface area contributed by atoms with Crippen LogP contribution in [-0.4, -0.2) is 24.6 Å². The Morgan fingerprint density at radius 1 is 1.07 bits per heavy atom. The van der Waals surface area contributed by atoms with E-state index in [1.807, 2.05) is 24.3 Å². The third kappa shape index (κ3) is 3.29. The molecule has 7 heteroatoms. The van der Waals surface area contributed by atoms with Gasteiger partial charge in [-0.2, -0.15) is 10.5 Å². The number of hydrogen-bond acceptors (Lipinski definition) is 5. The van der Waals surface area contributed by atoms with E-state index in [0.29, 0.717) is 47.3 Å².